The molecule has 0 spiro atoms. The van der Waals surface area contributed by atoms with Crippen LogP contribution in [0.25, 0.3) is 0 Å². The molecule has 1 rings (SSSR count). The van der Waals surface area contributed by atoms with Crippen LogP contribution in [-0.2, 0) is 11.2 Å². The quantitative estimate of drug-likeness (QED) is 0.811. The fourth-order valence-corrected chi connectivity index (χ4v) is 2.08. The molecule has 0 bridgehead atoms. The number of hydrogen-bond donors (Lipinski definition) is 2. The van der Waals surface area contributed by atoms with Crippen LogP contribution in [0.3, 0.4) is 0 Å². The van der Waals surface area contributed by atoms with E-state index in [1.54, 1.807) is 7.11 Å². The lowest BCUT2D eigenvalue weighted by atomic mass is 9.95. The molecular formula is C14H22BrNO2. The van der Waals surface area contributed by atoms with Gasteiger partial charge in [0.1, 0.15) is 0 Å². The molecule has 0 heterocycles. The summed E-state index contributed by atoms with van der Waals surface area (Å²) in [6.45, 7) is 5.17. The summed E-state index contributed by atoms with van der Waals surface area (Å²) >= 11 is 3.43. The molecule has 0 fully saturated rings. The third-order valence-corrected chi connectivity index (χ3v) is 3.26. The predicted molar refractivity (Wildman–Crippen MR) is 77.8 cm³/mol. The van der Waals surface area contributed by atoms with Crippen molar-refractivity contribution in [3.8, 4) is 0 Å². The number of β-amino-alcohol motifs (C(OH)–C–C–N with tert-alkyl or cyclic N) is 1. The van der Waals surface area contributed by atoms with E-state index in [-0.39, 0.29) is 5.54 Å². The van der Waals surface area contributed by atoms with E-state index >= 15 is 0 Å². The minimum atomic E-state index is -0.459. The molecule has 102 valence electrons. The Balaban J connectivity index is 2.46. The lowest BCUT2D eigenvalue weighted by molar-refractivity contribution is 0.0598. The SMILES string of the molecule is COCC(O)CNC(C)(C)Cc1ccc(Br)cc1. The van der Waals surface area contributed by atoms with Crippen LogP contribution in [0.5, 0.6) is 0 Å². The first-order valence-electron chi connectivity index (χ1n) is 6.09. The number of hydrogen-bond acceptors (Lipinski definition) is 3. The highest BCUT2D eigenvalue weighted by molar-refractivity contribution is 9.10. The number of methoxy groups -OCH3 is 1. The zero-order chi connectivity index (χ0) is 13.6. The number of benzene rings is 1. The van der Waals surface area contributed by atoms with Crippen molar-refractivity contribution in [2.75, 3.05) is 20.3 Å². The van der Waals surface area contributed by atoms with Gasteiger partial charge in [0, 0.05) is 23.7 Å². The molecule has 18 heavy (non-hydrogen) atoms. The maximum atomic E-state index is 9.62. The van der Waals surface area contributed by atoms with Gasteiger partial charge in [-0.25, -0.2) is 0 Å². The van der Waals surface area contributed by atoms with Gasteiger partial charge in [-0.3, -0.25) is 0 Å². The van der Waals surface area contributed by atoms with Crippen LogP contribution >= 0.6 is 15.9 Å². The molecule has 0 aromatic heterocycles. The van der Waals surface area contributed by atoms with E-state index in [1.807, 2.05) is 12.1 Å². The zero-order valence-corrected chi connectivity index (χ0v) is 12.8. The van der Waals surface area contributed by atoms with E-state index in [0.29, 0.717) is 13.2 Å². The second-order valence-electron chi connectivity index (χ2n) is 5.18. The van der Waals surface area contributed by atoms with Crippen LogP contribution in [0.1, 0.15) is 19.4 Å². The minimum Gasteiger partial charge on any atom is -0.389 e. The average Bonchev–Trinajstić information content (AvgIpc) is 2.30. The summed E-state index contributed by atoms with van der Waals surface area (Å²) in [6, 6.07) is 8.31. The molecule has 0 aliphatic rings. The van der Waals surface area contributed by atoms with Crippen molar-refractivity contribution in [2.24, 2.45) is 0 Å². The van der Waals surface area contributed by atoms with E-state index in [0.717, 1.165) is 10.9 Å². The average molecular weight is 316 g/mol. The smallest absolute Gasteiger partial charge is 0.0897 e. The predicted octanol–water partition coefficient (Wildman–Crippen LogP) is 2.37. The third-order valence-electron chi connectivity index (χ3n) is 2.73. The van der Waals surface area contributed by atoms with Gasteiger partial charge in [-0.05, 0) is 38.0 Å². The summed E-state index contributed by atoms with van der Waals surface area (Å²) < 4.78 is 6.00. The van der Waals surface area contributed by atoms with Crippen molar-refractivity contribution in [3.05, 3.63) is 34.3 Å². The molecule has 0 amide bonds. The monoisotopic (exact) mass is 315 g/mol. The van der Waals surface area contributed by atoms with Crippen molar-refractivity contribution in [3.63, 3.8) is 0 Å². The Hall–Kier alpha value is -0.420. The van der Waals surface area contributed by atoms with Gasteiger partial charge in [-0.1, -0.05) is 28.1 Å². The van der Waals surface area contributed by atoms with Crippen LogP contribution in [0.2, 0.25) is 0 Å². The van der Waals surface area contributed by atoms with Crippen LogP contribution < -0.4 is 5.32 Å². The molecule has 1 atom stereocenters. The standard InChI is InChI=1S/C14H22BrNO2/c1-14(2,16-9-13(17)10-18-3)8-11-4-6-12(15)7-5-11/h4-7,13,16-17H,8-10H2,1-3H3. The Bertz CT molecular complexity index is 351. The largest absolute Gasteiger partial charge is 0.389 e. The molecule has 1 aromatic carbocycles. The summed E-state index contributed by atoms with van der Waals surface area (Å²) in [5, 5.41) is 13.0. The molecule has 1 aromatic rings. The molecule has 0 aliphatic carbocycles. The third kappa shape index (κ3) is 5.96. The van der Waals surface area contributed by atoms with Gasteiger partial charge in [-0.15, -0.1) is 0 Å². The Morgan fingerprint density at radius 1 is 1.33 bits per heavy atom. The maximum Gasteiger partial charge on any atom is 0.0897 e. The summed E-state index contributed by atoms with van der Waals surface area (Å²) in [5.41, 5.74) is 1.22. The molecule has 0 radical (unpaired) electrons. The first kappa shape index (κ1) is 15.6. The zero-order valence-electron chi connectivity index (χ0n) is 11.2. The second-order valence-corrected chi connectivity index (χ2v) is 6.09. The van der Waals surface area contributed by atoms with Crippen molar-refractivity contribution in [1.82, 2.24) is 5.32 Å². The van der Waals surface area contributed by atoms with Crippen molar-refractivity contribution in [2.45, 2.75) is 31.9 Å². The molecule has 0 aliphatic heterocycles. The van der Waals surface area contributed by atoms with Gasteiger partial charge < -0.3 is 15.2 Å². The fraction of sp³-hybridized carbons (Fsp3) is 0.571. The first-order chi connectivity index (χ1) is 8.43. The maximum absolute atomic E-state index is 9.62. The lowest BCUT2D eigenvalue weighted by Gasteiger charge is -2.28. The van der Waals surface area contributed by atoms with Crippen molar-refractivity contribution < 1.29 is 9.84 Å². The van der Waals surface area contributed by atoms with Gasteiger partial charge in [0.15, 0.2) is 0 Å². The van der Waals surface area contributed by atoms with Crippen molar-refractivity contribution in [1.29, 1.82) is 0 Å². The van der Waals surface area contributed by atoms with Crippen LogP contribution in [0, 0.1) is 0 Å². The van der Waals surface area contributed by atoms with Crippen molar-refractivity contribution >= 4 is 15.9 Å². The first-order valence-corrected chi connectivity index (χ1v) is 6.89. The number of halogens is 1. The van der Waals surface area contributed by atoms with Crippen LogP contribution in [-0.4, -0.2) is 37.0 Å². The summed E-state index contributed by atoms with van der Waals surface area (Å²) in [6.07, 6.45) is 0.458. The highest BCUT2D eigenvalue weighted by Crippen LogP contribution is 2.16. The molecular weight excluding hydrogens is 294 g/mol. The van der Waals surface area contributed by atoms with E-state index in [4.69, 9.17) is 4.74 Å². The van der Waals surface area contributed by atoms with Gasteiger partial charge in [0.05, 0.1) is 12.7 Å². The fourth-order valence-electron chi connectivity index (χ4n) is 1.82. The number of rotatable bonds is 7. The normalized spacial score (nSPS) is 13.6. The van der Waals surface area contributed by atoms with Gasteiger partial charge >= 0.3 is 0 Å². The molecule has 0 saturated heterocycles. The summed E-state index contributed by atoms with van der Waals surface area (Å²) in [4.78, 5) is 0. The number of ether oxygens (including phenoxy) is 1. The van der Waals surface area contributed by atoms with Gasteiger partial charge in [-0.2, -0.15) is 0 Å². The Labute approximate surface area is 118 Å². The Morgan fingerprint density at radius 3 is 2.50 bits per heavy atom. The second kappa shape index (κ2) is 7.24. The van der Waals surface area contributed by atoms with Gasteiger partial charge in [0.25, 0.3) is 0 Å². The highest BCUT2D eigenvalue weighted by atomic mass is 79.9. The van der Waals surface area contributed by atoms with E-state index in [9.17, 15) is 5.11 Å². The van der Waals surface area contributed by atoms with E-state index in [1.165, 1.54) is 5.56 Å². The molecule has 4 heteroatoms. The molecule has 3 nitrogen and oxygen atoms in total. The topological polar surface area (TPSA) is 41.5 Å². The Morgan fingerprint density at radius 2 is 1.94 bits per heavy atom. The lowest BCUT2D eigenvalue weighted by Crippen LogP contribution is -2.45. The van der Waals surface area contributed by atoms with E-state index < -0.39 is 6.10 Å². The Kier molecular flexibility index (Phi) is 6.29. The molecule has 2 N–H and O–H groups in total. The number of aliphatic hydroxyl groups is 1. The minimum absolute atomic E-state index is 0.0530. The van der Waals surface area contributed by atoms with E-state index in [2.05, 4.69) is 47.2 Å². The summed E-state index contributed by atoms with van der Waals surface area (Å²) in [7, 11) is 1.59. The number of aliphatic hydroxyl groups excluding tert-OH is 1. The van der Waals surface area contributed by atoms with Gasteiger partial charge in [0.2, 0.25) is 0 Å². The molecule has 1 unspecified atom stereocenters. The summed E-state index contributed by atoms with van der Waals surface area (Å²) in [5.74, 6) is 0. The molecule has 0 saturated carbocycles. The highest BCUT2D eigenvalue weighted by Gasteiger charge is 2.19. The number of nitrogens with one attached hydrogen (secondary N) is 1. The van der Waals surface area contributed by atoms with Crippen LogP contribution in [0.15, 0.2) is 28.7 Å². The van der Waals surface area contributed by atoms with Crippen LogP contribution in [0.4, 0.5) is 0 Å².